The van der Waals surface area contributed by atoms with Crippen molar-refractivity contribution >= 4 is 10.9 Å². The minimum atomic E-state index is -0.286. The Morgan fingerprint density at radius 3 is 2.50 bits per heavy atom. The van der Waals surface area contributed by atoms with Crippen molar-refractivity contribution in [2.75, 3.05) is 13.1 Å². The SMILES string of the molecule is Cc1cc(C)c2[nH]c(=O)c(C(c3nnnn3C(C)(C)C)N3CCCC4(CCCCC4)C3)cc2c1. The molecule has 7 nitrogen and oxygen atoms in total. The lowest BCUT2D eigenvalue weighted by molar-refractivity contribution is 0.0329. The molecular weight excluding hydrogens is 424 g/mol. The number of tetrazole rings is 1. The van der Waals surface area contributed by atoms with Crippen LogP contribution in [0, 0.1) is 19.3 Å². The molecule has 1 unspecified atom stereocenters. The third-order valence-corrected chi connectivity index (χ3v) is 7.96. The number of rotatable bonds is 3. The molecule has 7 heteroatoms. The maximum atomic E-state index is 13.6. The van der Waals surface area contributed by atoms with E-state index < -0.39 is 0 Å². The van der Waals surface area contributed by atoms with Crippen LogP contribution in [0.1, 0.15) is 94.3 Å². The van der Waals surface area contributed by atoms with Crippen LogP contribution in [0.5, 0.6) is 0 Å². The number of hydrogen-bond acceptors (Lipinski definition) is 5. The molecule has 3 heterocycles. The molecule has 34 heavy (non-hydrogen) atoms. The van der Waals surface area contributed by atoms with Crippen LogP contribution in [-0.2, 0) is 5.54 Å². The van der Waals surface area contributed by atoms with Crippen LogP contribution in [0.2, 0.25) is 0 Å². The molecule has 1 N–H and O–H groups in total. The summed E-state index contributed by atoms with van der Waals surface area (Å²) in [6.07, 6.45) is 8.97. The molecule has 1 saturated heterocycles. The average molecular weight is 463 g/mol. The zero-order valence-electron chi connectivity index (χ0n) is 21.3. The topological polar surface area (TPSA) is 79.7 Å². The van der Waals surface area contributed by atoms with Gasteiger partial charge in [0, 0.05) is 12.1 Å². The van der Waals surface area contributed by atoms with Gasteiger partial charge in [0.05, 0.1) is 11.1 Å². The van der Waals surface area contributed by atoms with Crippen molar-refractivity contribution in [3.63, 3.8) is 0 Å². The van der Waals surface area contributed by atoms with E-state index in [0.29, 0.717) is 5.41 Å². The Bertz CT molecular complexity index is 1240. The number of likely N-dealkylation sites (tertiary alicyclic amines) is 1. The molecule has 1 saturated carbocycles. The number of nitrogens with zero attached hydrogens (tertiary/aromatic N) is 5. The molecule has 0 amide bonds. The van der Waals surface area contributed by atoms with Crippen molar-refractivity contribution in [1.82, 2.24) is 30.1 Å². The number of nitrogens with one attached hydrogen (secondary N) is 1. The summed E-state index contributed by atoms with van der Waals surface area (Å²) in [4.78, 5) is 19.3. The molecule has 3 aromatic rings. The fourth-order valence-electron chi connectivity index (χ4n) is 6.42. The fourth-order valence-corrected chi connectivity index (χ4v) is 6.42. The van der Waals surface area contributed by atoms with Crippen LogP contribution in [0.4, 0.5) is 0 Å². The molecule has 1 atom stereocenters. The molecule has 182 valence electrons. The van der Waals surface area contributed by atoms with E-state index in [-0.39, 0.29) is 17.1 Å². The van der Waals surface area contributed by atoms with E-state index in [1.165, 1.54) is 44.1 Å². The molecule has 1 aliphatic carbocycles. The van der Waals surface area contributed by atoms with Crippen molar-refractivity contribution in [3.8, 4) is 0 Å². The number of piperidine rings is 1. The Morgan fingerprint density at radius 1 is 1.03 bits per heavy atom. The summed E-state index contributed by atoms with van der Waals surface area (Å²) in [6.45, 7) is 12.4. The monoisotopic (exact) mass is 462 g/mol. The van der Waals surface area contributed by atoms with E-state index in [0.717, 1.165) is 47.4 Å². The lowest BCUT2D eigenvalue weighted by Crippen LogP contribution is -2.48. The van der Waals surface area contributed by atoms with Crippen LogP contribution >= 0.6 is 0 Å². The van der Waals surface area contributed by atoms with Crippen molar-refractivity contribution in [2.45, 2.75) is 91.1 Å². The quantitative estimate of drug-likeness (QED) is 0.591. The van der Waals surface area contributed by atoms with Gasteiger partial charge >= 0.3 is 0 Å². The van der Waals surface area contributed by atoms with Crippen LogP contribution in [0.15, 0.2) is 23.0 Å². The Morgan fingerprint density at radius 2 is 1.76 bits per heavy atom. The van der Waals surface area contributed by atoms with Gasteiger partial charge in [-0.05, 0) is 106 Å². The number of aromatic nitrogens is 5. The van der Waals surface area contributed by atoms with Crippen molar-refractivity contribution in [1.29, 1.82) is 0 Å². The van der Waals surface area contributed by atoms with Gasteiger partial charge in [-0.3, -0.25) is 9.69 Å². The number of H-pyrrole nitrogens is 1. The number of aromatic amines is 1. The maximum absolute atomic E-state index is 13.6. The molecule has 2 aliphatic rings. The first kappa shape index (κ1) is 23.2. The number of fused-ring (bicyclic) bond motifs is 1. The van der Waals surface area contributed by atoms with Crippen molar-refractivity contribution in [2.24, 2.45) is 5.41 Å². The molecule has 2 fully saturated rings. The van der Waals surface area contributed by atoms with Crippen LogP contribution in [0.25, 0.3) is 10.9 Å². The van der Waals surface area contributed by atoms with Crippen molar-refractivity contribution < 1.29 is 0 Å². The molecular formula is C27H38N6O. The summed E-state index contributed by atoms with van der Waals surface area (Å²) in [5.41, 5.74) is 3.96. The minimum Gasteiger partial charge on any atom is -0.321 e. The first-order valence-electron chi connectivity index (χ1n) is 12.8. The lowest BCUT2D eigenvalue weighted by atomic mass is 9.69. The zero-order valence-corrected chi connectivity index (χ0v) is 21.3. The molecule has 2 aromatic heterocycles. The van der Waals surface area contributed by atoms with Gasteiger partial charge in [0.1, 0.15) is 6.04 Å². The molecule has 0 bridgehead atoms. The molecule has 1 spiro atoms. The highest BCUT2D eigenvalue weighted by Gasteiger charge is 2.41. The molecule has 1 aromatic carbocycles. The lowest BCUT2D eigenvalue weighted by Gasteiger charge is -2.47. The third-order valence-electron chi connectivity index (χ3n) is 7.96. The van der Waals surface area contributed by atoms with E-state index in [1.54, 1.807) is 0 Å². The Balaban J connectivity index is 1.67. The summed E-state index contributed by atoms with van der Waals surface area (Å²) in [5.74, 6) is 0.759. The van der Waals surface area contributed by atoms with E-state index in [1.807, 2.05) is 4.68 Å². The number of pyridine rings is 1. The summed E-state index contributed by atoms with van der Waals surface area (Å²) >= 11 is 0. The van der Waals surface area contributed by atoms with Gasteiger partial charge in [0.2, 0.25) is 0 Å². The smallest absolute Gasteiger partial charge is 0.253 e. The molecule has 5 rings (SSSR count). The molecule has 1 aliphatic heterocycles. The van der Waals surface area contributed by atoms with Gasteiger partial charge < -0.3 is 4.98 Å². The second-order valence-electron chi connectivity index (χ2n) is 11.8. The average Bonchev–Trinajstić information content (AvgIpc) is 3.26. The van der Waals surface area contributed by atoms with E-state index in [9.17, 15) is 4.79 Å². The number of aryl methyl sites for hydroxylation is 2. The van der Waals surface area contributed by atoms with Gasteiger partial charge in [-0.1, -0.05) is 30.9 Å². The van der Waals surface area contributed by atoms with E-state index in [4.69, 9.17) is 0 Å². The van der Waals surface area contributed by atoms with Crippen molar-refractivity contribution in [3.05, 3.63) is 51.1 Å². The standard InChI is InChI=1S/C27H38N6O/c1-18-14-19(2)22-20(15-18)16-21(25(34)28-22)23(24-29-30-31-33(24)26(3,4)5)32-13-9-12-27(17-32)10-7-6-8-11-27/h14-16,23H,6-13,17H2,1-5H3,(H,28,34). The van der Waals surface area contributed by atoms with E-state index >= 15 is 0 Å². The first-order chi connectivity index (χ1) is 16.2. The first-order valence-corrected chi connectivity index (χ1v) is 12.8. The number of benzene rings is 1. The Kier molecular flexibility index (Phi) is 5.87. The normalized spacial score (nSPS) is 20.1. The van der Waals surface area contributed by atoms with Gasteiger partial charge in [-0.15, -0.1) is 5.10 Å². The van der Waals surface area contributed by atoms with Gasteiger partial charge in [0.15, 0.2) is 5.82 Å². The summed E-state index contributed by atoms with van der Waals surface area (Å²) in [7, 11) is 0. The van der Waals surface area contributed by atoms with Crippen LogP contribution in [-0.4, -0.2) is 43.2 Å². The van der Waals surface area contributed by atoms with Gasteiger partial charge in [-0.2, -0.15) is 0 Å². The predicted molar refractivity (Wildman–Crippen MR) is 135 cm³/mol. The largest absolute Gasteiger partial charge is 0.321 e. The van der Waals surface area contributed by atoms with Gasteiger partial charge in [0.25, 0.3) is 5.56 Å². The third kappa shape index (κ3) is 4.19. The minimum absolute atomic E-state index is 0.0452. The maximum Gasteiger partial charge on any atom is 0.253 e. The van der Waals surface area contributed by atoms with Crippen LogP contribution < -0.4 is 5.56 Å². The highest BCUT2D eigenvalue weighted by atomic mass is 16.1. The predicted octanol–water partition coefficient (Wildman–Crippen LogP) is 5.02. The summed E-state index contributed by atoms with van der Waals surface area (Å²) in [5, 5.41) is 14.0. The summed E-state index contributed by atoms with van der Waals surface area (Å²) < 4.78 is 1.91. The number of hydrogen-bond donors (Lipinski definition) is 1. The summed E-state index contributed by atoms with van der Waals surface area (Å²) in [6, 6.07) is 6.09. The highest BCUT2D eigenvalue weighted by Crippen LogP contribution is 2.45. The second-order valence-corrected chi connectivity index (χ2v) is 11.8. The Labute approximate surface area is 201 Å². The zero-order chi connectivity index (χ0) is 24.1. The van der Waals surface area contributed by atoms with Crippen LogP contribution in [0.3, 0.4) is 0 Å². The van der Waals surface area contributed by atoms with E-state index in [2.05, 4.69) is 78.2 Å². The molecule has 0 radical (unpaired) electrons. The Hall–Kier alpha value is -2.54. The van der Waals surface area contributed by atoms with Gasteiger partial charge in [-0.25, -0.2) is 4.68 Å². The second kappa shape index (κ2) is 8.59. The highest BCUT2D eigenvalue weighted by molar-refractivity contribution is 5.83. The fraction of sp³-hybridized carbons (Fsp3) is 0.630.